The summed E-state index contributed by atoms with van der Waals surface area (Å²) in [5.74, 6) is -2.90. The summed E-state index contributed by atoms with van der Waals surface area (Å²) in [5.41, 5.74) is -3.50. The molecule has 0 radical (unpaired) electrons. The van der Waals surface area contributed by atoms with E-state index >= 15 is 0 Å². The third-order valence-corrected chi connectivity index (χ3v) is 9.34. The standard InChI is InChI=1S/C30H39F3N4O7S/c1-28(2,3)35-27(41)44-23-15-8-6-4-5-7-11-20-18-29(20,34-24(38)22-14-10-16-37(22)25(23)39)26(40)36-45(42,43)21-13-9-12-19(17-21)30(31,32)33/h7,9,11-13,17,20,22-23H,4-6,8,10,14-16,18H2,1-3H3,(H,34,38)(H,35,41)(H,36,40)/t20-,22+,23+,29-/m1/s1. The van der Waals surface area contributed by atoms with E-state index in [1.807, 2.05) is 10.8 Å². The van der Waals surface area contributed by atoms with Crippen LogP contribution in [0.4, 0.5) is 18.0 Å². The monoisotopic (exact) mass is 656 g/mol. The number of halogens is 3. The summed E-state index contributed by atoms with van der Waals surface area (Å²) in [6.45, 7) is 5.51. The number of nitrogens with zero attached hydrogens (tertiary/aromatic N) is 1. The minimum absolute atomic E-state index is 0.0541. The minimum atomic E-state index is -4.80. The van der Waals surface area contributed by atoms with Crippen molar-refractivity contribution < 1.29 is 45.5 Å². The minimum Gasteiger partial charge on any atom is -0.436 e. The molecule has 0 bridgehead atoms. The molecule has 3 aliphatic rings. The van der Waals surface area contributed by atoms with Gasteiger partial charge < -0.3 is 20.3 Å². The van der Waals surface area contributed by atoms with Crippen LogP contribution in [0.15, 0.2) is 41.3 Å². The van der Waals surface area contributed by atoms with Crippen molar-refractivity contribution in [1.82, 2.24) is 20.3 Å². The Bertz CT molecular complexity index is 1460. The van der Waals surface area contributed by atoms with Gasteiger partial charge in [0.15, 0.2) is 6.10 Å². The van der Waals surface area contributed by atoms with Crippen molar-refractivity contribution in [3.63, 3.8) is 0 Å². The summed E-state index contributed by atoms with van der Waals surface area (Å²) in [6, 6.07) is 1.99. The number of allylic oxidation sites excluding steroid dienone is 1. The van der Waals surface area contributed by atoms with Gasteiger partial charge in [0, 0.05) is 18.0 Å². The second-order valence-electron chi connectivity index (χ2n) is 12.8. The highest BCUT2D eigenvalue weighted by Crippen LogP contribution is 2.46. The number of ether oxygens (including phenoxy) is 1. The number of hydrogen-bond acceptors (Lipinski definition) is 7. The number of fused-ring (bicyclic) bond motifs is 2. The normalized spacial score (nSPS) is 26.4. The summed E-state index contributed by atoms with van der Waals surface area (Å²) in [6.07, 6.45) is 0.507. The second kappa shape index (κ2) is 13.0. The molecular weight excluding hydrogens is 617 g/mol. The molecular formula is C30H39F3N4O7S. The summed E-state index contributed by atoms with van der Waals surface area (Å²) >= 11 is 0. The summed E-state index contributed by atoms with van der Waals surface area (Å²) < 4.78 is 73.0. The molecule has 1 saturated heterocycles. The summed E-state index contributed by atoms with van der Waals surface area (Å²) in [7, 11) is -4.74. The van der Waals surface area contributed by atoms with Gasteiger partial charge in [0.25, 0.3) is 21.8 Å². The van der Waals surface area contributed by atoms with Crippen LogP contribution < -0.4 is 15.4 Å². The van der Waals surface area contributed by atoms with Crippen molar-refractivity contribution in [2.75, 3.05) is 6.54 Å². The molecule has 4 rings (SSSR count). The van der Waals surface area contributed by atoms with E-state index in [-0.39, 0.29) is 25.8 Å². The van der Waals surface area contributed by atoms with Gasteiger partial charge in [-0.25, -0.2) is 17.9 Å². The average Bonchev–Trinajstić information content (AvgIpc) is 3.39. The number of rotatable bonds is 4. The van der Waals surface area contributed by atoms with Gasteiger partial charge in [-0.2, -0.15) is 13.2 Å². The molecule has 248 valence electrons. The van der Waals surface area contributed by atoms with E-state index < -0.39 is 79.6 Å². The Morgan fingerprint density at radius 3 is 2.49 bits per heavy atom. The highest BCUT2D eigenvalue weighted by atomic mass is 32.2. The van der Waals surface area contributed by atoms with Gasteiger partial charge >= 0.3 is 12.3 Å². The van der Waals surface area contributed by atoms with Crippen LogP contribution in [0, 0.1) is 5.92 Å². The molecule has 15 heteroatoms. The molecule has 0 spiro atoms. The van der Waals surface area contributed by atoms with Gasteiger partial charge in [0.1, 0.15) is 11.6 Å². The van der Waals surface area contributed by atoms with Crippen molar-refractivity contribution >= 4 is 33.8 Å². The highest BCUT2D eigenvalue weighted by Gasteiger charge is 2.61. The lowest BCUT2D eigenvalue weighted by atomic mass is 10.1. The maximum absolute atomic E-state index is 13.6. The first-order valence-corrected chi connectivity index (χ1v) is 16.4. The molecule has 4 amide bonds. The third-order valence-electron chi connectivity index (χ3n) is 8.01. The summed E-state index contributed by atoms with van der Waals surface area (Å²) in [5, 5.41) is 5.33. The number of alkyl carbamates (subject to hydrolysis) is 1. The van der Waals surface area contributed by atoms with Gasteiger partial charge in [-0.1, -0.05) is 24.6 Å². The van der Waals surface area contributed by atoms with E-state index in [1.54, 1.807) is 26.8 Å². The Hall–Kier alpha value is -3.62. The molecule has 2 fully saturated rings. The summed E-state index contributed by atoms with van der Waals surface area (Å²) in [4.78, 5) is 53.9. The van der Waals surface area contributed by atoms with Crippen LogP contribution in [0.1, 0.15) is 77.7 Å². The molecule has 45 heavy (non-hydrogen) atoms. The number of carbonyl (C=O) groups is 4. The molecule has 1 aromatic rings. The molecule has 1 aromatic carbocycles. The Morgan fingerprint density at radius 1 is 1.07 bits per heavy atom. The van der Waals surface area contributed by atoms with Crippen LogP contribution in [-0.4, -0.2) is 66.9 Å². The fourth-order valence-electron chi connectivity index (χ4n) is 5.61. The molecule has 2 aliphatic heterocycles. The molecule has 0 aromatic heterocycles. The lowest BCUT2D eigenvalue weighted by Crippen LogP contribution is -2.57. The third kappa shape index (κ3) is 8.35. The van der Waals surface area contributed by atoms with E-state index in [0.717, 1.165) is 18.6 Å². The number of hydrogen-bond donors (Lipinski definition) is 3. The van der Waals surface area contributed by atoms with E-state index in [0.29, 0.717) is 37.8 Å². The van der Waals surface area contributed by atoms with Gasteiger partial charge in [-0.05, 0) is 83.9 Å². The van der Waals surface area contributed by atoms with Crippen LogP contribution in [0.5, 0.6) is 0 Å². The average molecular weight is 657 g/mol. The Labute approximate surface area is 260 Å². The molecule has 1 saturated carbocycles. The quantitative estimate of drug-likeness (QED) is 0.418. The van der Waals surface area contributed by atoms with Crippen molar-refractivity contribution in [2.45, 2.75) is 106 Å². The molecule has 1 aliphatic carbocycles. The van der Waals surface area contributed by atoms with Crippen LogP contribution >= 0.6 is 0 Å². The number of amides is 4. The first kappa shape index (κ1) is 34.3. The SMILES string of the molecule is CC(C)(C)NC(=O)O[C@H]1CCCCCC=C[C@@H]2C[C@@]2(C(=O)NS(=O)(=O)c2cccc(C(F)(F)F)c2)NC(=O)[C@@H]2CCCN2C1=O. The first-order chi connectivity index (χ1) is 20.9. The van der Waals surface area contributed by atoms with Crippen LogP contribution in [0.2, 0.25) is 0 Å². The van der Waals surface area contributed by atoms with E-state index in [1.165, 1.54) is 4.90 Å². The lowest BCUT2D eigenvalue weighted by molar-refractivity contribution is -0.146. The van der Waals surface area contributed by atoms with Gasteiger partial charge in [-0.15, -0.1) is 0 Å². The van der Waals surface area contributed by atoms with Gasteiger partial charge in [0.2, 0.25) is 5.91 Å². The Kier molecular flexibility index (Phi) is 9.90. The molecule has 3 N–H and O–H groups in total. The predicted molar refractivity (Wildman–Crippen MR) is 156 cm³/mol. The molecule has 2 heterocycles. The van der Waals surface area contributed by atoms with Gasteiger partial charge in [0.05, 0.1) is 10.5 Å². The van der Waals surface area contributed by atoms with Gasteiger partial charge in [-0.3, -0.25) is 14.4 Å². The smallest absolute Gasteiger partial charge is 0.416 e. The number of benzene rings is 1. The highest BCUT2D eigenvalue weighted by molar-refractivity contribution is 7.90. The molecule has 11 nitrogen and oxygen atoms in total. The molecule has 0 unspecified atom stereocenters. The van der Waals surface area contributed by atoms with Crippen LogP contribution in [-0.2, 0) is 35.3 Å². The number of nitrogens with one attached hydrogen (secondary N) is 3. The fraction of sp³-hybridized carbons (Fsp3) is 0.600. The van der Waals surface area contributed by atoms with Crippen molar-refractivity contribution in [2.24, 2.45) is 5.92 Å². The first-order valence-electron chi connectivity index (χ1n) is 15.0. The van der Waals surface area contributed by atoms with Crippen LogP contribution in [0.3, 0.4) is 0 Å². The van der Waals surface area contributed by atoms with E-state index in [2.05, 4.69) is 10.6 Å². The zero-order valence-electron chi connectivity index (χ0n) is 25.4. The maximum Gasteiger partial charge on any atom is 0.416 e. The largest absolute Gasteiger partial charge is 0.436 e. The van der Waals surface area contributed by atoms with Crippen molar-refractivity contribution in [3.8, 4) is 0 Å². The predicted octanol–water partition coefficient (Wildman–Crippen LogP) is 3.79. The van der Waals surface area contributed by atoms with E-state index in [4.69, 9.17) is 4.74 Å². The van der Waals surface area contributed by atoms with Crippen LogP contribution in [0.25, 0.3) is 0 Å². The topological polar surface area (TPSA) is 151 Å². The number of alkyl halides is 3. The fourth-order valence-corrected chi connectivity index (χ4v) is 6.70. The zero-order chi connectivity index (χ0) is 33.2. The number of carbonyl (C=O) groups excluding carboxylic acids is 4. The Balaban J connectivity index is 1.57. The Morgan fingerprint density at radius 2 is 1.80 bits per heavy atom. The van der Waals surface area contributed by atoms with E-state index in [9.17, 15) is 40.8 Å². The number of sulfonamides is 1. The zero-order valence-corrected chi connectivity index (χ0v) is 26.2. The molecule has 4 atom stereocenters. The lowest BCUT2D eigenvalue weighted by Gasteiger charge is -2.30. The maximum atomic E-state index is 13.6. The van der Waals surface area contributed by atoms with Crippen molar-refractivity contribution in [1.29, 1.82) is 0 Å². The van der Waals surface area contributed by atoms with Crippen molar-refractivity contribution in [3.05, 3.63) is 42.0 Å². The second-order valence-corrected chi connectivity index (χ2v) is 14.4.